The summed E-state index contributed by atoms with van der Waals surface area (Å²) in [5.74, 6) is 0. The van der Waals surface area contributed by atoms with E-state index < -0.39 is 0 Å². The summed E-state index contributed by atoms with van der Waals surface area (Å²) in [4.78, 5) is 2.50. The Morgan fingerprint density at radius 3 is 2.69 bits per heavy atom. The van der Waals surface area contributed by atoms with E-state index in [1.165, 1.54) is 23.2 Å². The normalized spacial score (nSPS) is 25.1. The maximum absolute atomic E-state index is 3.43. The van der Waals surface area contributed by atoms with Gasteiger partial charge in [-0.3, -0.25) is 0 Å². The molecule has 0 radical (unpaired) electrons. The fourth-order valence-electron chi connectivity index (χ4n) is 2.45. The fourth-order valence-corrected chi connectivity index (χ4v) is 2.45. The first-order valence-corrected chi connectivity index (χ1v) is 6.06. The van der Waals surface area contributed by atoms with Crippen LogP contribution < -0.4 is 10.2 Å². The lowest BCUT2D eigenvalue weighted by Gasteiger charge is -2.26. The van der Waals surface area contributed by atoms with Crippen LogP contribution in [0.25, 0.3) is 0 Å². The third-order valence-corrected chi connectivity index (χ3v) is 3.99. The van der Waals surface area contributed by atoms with Crippen LogP contribution >= 0.6 is 0 Å². The second-order valence-electron chi connectivity index (χ2n) is 5.20. The first kappa shape index (κ1) is 11.5. The van der Waals surface area contributed by atoms with E-state index in [0.29, 0.717) is 0 Å². The summed E-state index contributed by atoms with van der Waals surface area (Å²) in [6, 6.07) is 6.59. The second kappa shape index (κ2) is 4.10. The molecule has 1 fully saturated rings. The monoisotopic (exact) mass is 218 g/mol. The number of hydrogen-bond donors (Lipinski definition) is 1. The predicted molar refractivity (Wildman–Crippen MR) is 70.2 cm³/mol. The number of hydrogen-bond acceptors (Lipinski definition) is 2. The van der Waals surface area contributed by atoms with Gasteiger partial charge in [0, 0.05) is 24.3 Å². The van der Waals surface area contributed by atoms with E-state index in [1.54, 1.807) is 0 Å². The Hall–Kier alpha value is -1.02. The summed E-state index contributed by atoms with van der Waals surface area (Å²) in [6.45, 7) is 8.97. The zero-order valence-electron chi connectivity index (χ0n) is 10.8. The van der Waals surface area contributed by atoms with Crippen LogP contribution in [0.2, 0.25) is 0 Å². The predicted octanol–water partition coefficient (Wildman–Crippen LogP) is 2.49. The lowest BCUT2D eigenvalue weighted by Crippen LogP contribution is -2.42. The Morgan fingerprint density at radius 1 is 1.31 bits per heavy atom. The summed E-state index contributed by atoms with van der Waals surface area (Å²) in [6.07, 6.45) is 1.22. The quantitative estimate of drug-likeness (QED) is 0.820. The fraction of sp³-hybridized carbons (Fsp3) is 0.571. The maximum Gasteiger partial charge on any atom is 0.0399 e. The molecule has 2 nitrogen and oxygen atoms in total. The molecule has 1 aliphatic rings. The van der Waals surface area contributed by atoms with Gasteiger partial charge in [-0.1, -0.05) is 12.1 Å². The summed E-state index contributed by atoms with van der Waals surface area (Å²) < 4.78 is 0. The first-order chi connectivity index (χ1) is 7.56. The minimum absolute atomic E-state index is 0.274. The molecule has 1 atom stereocenters. The van der Waals surface area contributed by atoms with Crippen LogP contribution in [-0.4, -0.2) is 25.7 Å². The van der Waals surface area contributed by atoms with E-state index in [4.69, 9.17) is 0 Å². The van der Waals surface area contributed by atoms with Crippen LogP contribution in [0.5, 0.6) is 0 Å². The van der Waals surface area contributed by atoms with E-state index in [9.17, 15) is 0 Å². The first-order valence-electron chi connectivity index (χ1n) is 6.06. The molecule has 0 aliphatic carbocycles. The lowest BCUT2D eigenvalue weighted by atomic mass is 10.0. The molecule has 1 saturated heterocycles. The van der Waals surface area contributed by atoms with Crippen molar-refractivity contribution in [1.29, 1.82) is 0 Å². The Morgan fingerprint density at radius 2 is 2.06 bits per heavy atom. The molecule has 1 aliphatic heterocycles. The zero-order chi connectivity index (χ0) is 11.8. The van der Waals surface area contributed by atoms with Crippen LogP contribution in [0.1, 0.15) is 24.5 Å². The number of nitrogens with zero attached hydrogens (tertiary/aromatic N) is 1. The third-order valence-electron chi connectivity index (χ3n) is 3.99. The summed E-state index contributed by atoms with van der Waals surface area (Å²) in [5, 5.41) is 3.43. The molecule has 1 unspecified atom stereocenters. The van der Waals surface area contributed by atoms with Gasteiger partial charge in [0.1, 0.15) is 0 Å². The average molecular weight is 218 g/mol. The average Bonchev–Trinajstić information content (AvgIpc) is 2.66. The Labute approximate surface area is 98.7 Å². The van der Waals surface area contributed by atoms with Crippen LogP contribution in [0.4, 0.5) is 5.69 Å². The van der Waals surface area contributed by atoms with Crippen molar-refractivity contribution in [3.63, 3.8) is 0 Å². The highest BCUT2D eigenvalue weighted by Crippen LogP contribution is 2.29. The Balaban J connectivity index is 2.24. The van der Waals surface area contributed by atoms with Gasteiger partial charge in [0.05, 0.1) is 0 Å². The Bertz CT molecular complexity index is 386. The molecular weight excluding hydrogens is 196 g/mol. The molecule has 88 valence electrons. The highest BCUT2D eigenvalue weighted by atomic mass is 15.2. The van der Waals surface area contributed by atoms with Crippen molar-refractivity contribution in [3.8, 4) is 0 Å². The van der Waals surface area contributed by atoms with E-state index in [2.05, 4.69) is 56.2 Å². The van der Waals surface area contributed by atoms with Gasteiger partial charge in [-0.15, -0.1) is 0 Å². The topological polar surface area (TPSA) is 15.3 Å². The summed E-state index contributed by atoms with van der Waals surface area (Å²) >= 11 is 0. The molecule has 1 N–H and O–H groups in total. The number of benzene rings is 1. The molecule has 16 heavy (non-hydrogen) atoms. The van der Waals surface area contributed by atoms with E-state index in [-0.39, 0.29) is 5.54 Å². The van der Waals surface area contributed by atoms with Gasteiger partial charge in [-0.05, 0) is 51.4 Å². The van der Waals surface area contributed by atoms with Gasteiger partial charge in [0.2, 0.25) is 0 Å². The van der Waals surface area contributed by atoms with Crippen LogP contribution in [0.15, 0.2) is 18.2 Å². The summed E-state index contributed by atoms with van der Waals surface area (Å²) in [7, 11) is 2.06. The molecule has 1 heterocycles. The molecule has 0 bridgehead atoms. The SMILES string of the molecule is CNC1(C)CCN(c2cccc(C)c2C)C1. The van der Waals surface area contributed by atoms with E-state index >= 15 is 0 Å². The van der Waals surface area contributed by atoms with Crippen molar-refractivity contribution in [2.75, 3.05) is 25.0 Å². The van der Waals surface area contributed by atoms with Gasteiger partial charge in [-0.25, -0.2) is 0 Å². The maximum atomic E-state index is 3.43. The van der Waals surface area contributed by atoms with Crippen molar-refractivity contribution >= 4 is 5.69 Å². The molecular formula is C14H22N2. The van der Waals surface area contributed by atoms with Crippen molar-refractivity contribution in [2.24, 2.45) is 0 Å². The van der Waals surface area contributed by atoms with E-state index in [1.807, 2.05) is 0 Å². The van der Waals surface area contributed by atoms with E-state index in [0.717, 1.165) is 13.1 Å². The molecule has 0 amide bonds. The number of rotatable bonds is 2. The second-order valence-corrected chi connectivity index (χ2v) is 5.20. The standard InChI is InChI=1S/C14H22N2/c1-11-6-5-7-13(12(11)2)16-9-8-14(3,10-16)15-4/h5-7,15H,8-10H2,1-4H3. The number of likely N-dealkylation sites (N-methyl/N-ethyl adjacent to an activating group) is 1. The smallest absolute Gasteiger partial charge is 0.0399 e. The van der Waals surface area contributed by atoms with Crippen molar-refractivity contribution in [3.05, 3.63) is 29.3 Å². The van der Waals surface area contributed by atoms with Crippen molar-refractivity contribution in [2.45, 2.75) is 32.7 Å². The van der Waals surface area contributed by atoms with Gasteiger partial charge >= 0.3 is 0 Å². The minimum atomic E-state index is 0.274. The molecule has 2 rings (SSSR count). The molecule has 0 aromatic heterocycles. The van der Waals surface area contributed by atoms with Crippen LogP contribution in [0, 0.1) is 13.8 Å². The Kier molecular flexibility index (Phi) is 2.94. The highest BCUT2D eigenvalue weighted by molar-refractivity contribution is 5.57. The molecule has 0 saturated carbocycles. The van der Waals surface area contributed by atoms with Crippen LogP contribution in [0.3, 0.4) is 0 Å². The highest BCUT2D eigenvalue weighted by Gasteiger charge is 2.32. The van der Waals surface area contributed by atoms with Gasteiger partial charge in [0.15, 0.2) is 0 Å². The molecule has 2 heteroatoms. The van der Waals surface area contributed by atoms with Crippen LogP contribution in [-0.2, 0) is 0 Å². The minimum Gasteiger partial charge on any atom is -0.369 e. The number of anilines is 1. The largest absolute Gasteiger partial charge is 0.369 e. The number of aryl methyl sites for hydroxylation is 1. The number of nitrogens with one attached hydrogen (secondary N) is 1. The third kappa shape index (κ3) is 1.94. The summed E-state index contributed by atoms with van der Waals surface area (Å²) in [5.41, 5.74) is 4.48. The zero-order valence-corrected chi connectivity index (χ0v) is 10.8. The molecule has 0 spiro atoms. The van der Waals surface area contributed by atoms with Gasteiger partial charge in [-0.2, -0.15) is 0 Å². The molecule has 1 aromatic carbocycles. The van der Waals surface area contributed by atoms with Gasteiger partial charge < -0.3 is 10.2 Å². The van der Waals surface area contributed by atoms with Gasteiger partial charge in [0.25, 0.3) is 0 Å². The van der Waals surface area contributed by atoms with Crippen molar-refractivity contribution in [1.82, 2.24) is 5.32 Å². The lowest BCUT2D eigenvalue weighted by molar-refractivity contribution is 0.428. The van der Waals surface area contributed by atoms with Crippen molar-refractivity contribution < 1.29 is 0 Å². The molecule has 1 aromatic rings.